The van der Waals surface area contributed by atoms with Gasteiger partial charge in [-0.15, -0.1) is 5.10 Å². The maximum Gasteiger partial charge on any atom is 0.165 e. The van der Waals surface area contributed by atoms with Crippen molar-refractivity contribution in [1.29, 1.82) is 0 Å². The summed E-state index contributed by atoms with van der Waals surface area (Å²) >= 11 is 0. The lowest BCUT2D eigenvalue weighted by Crippen LogP contribution is -2.35. The highest BCUT2D eigenvalue weighted by Gasteiger charge is 2.33. The normalized spacial score (nSPS) is 23.3. The largest absolute Gasteiger partial charge is 0.378 e. The number of nitrogens with zero attached hydrogens (tertiary/aromatic N) is 4. The van der Waals surface area contributed by atoms with Gasteiger partial charge in [0.1, 0.15) is 0 Å². The topological polar surface area (TPSA) is 64.9 Å². The van der Waals surface area contributed by atoms with E-state index in [1.54, 1.807) is 0 Å². The lowest BCUT2D eigenvalue weighted by molar-refractivity contribution is -0.0239. The first-order valence-electron chi connectivity index (χ1n) is 6.79. The van der Waals surface area contributed by atoms with E-state index in [0.29, 0.717) is 18.1 Å². The summed E-state index contributed by atoms with van der Waals surface area (Å²) in [5.74, 6) is 1.57. The molecule has 102 valence electrons. The summed E-state index contributed by atoms with van der Waals surface area (Å²) in [4.78, 5) is 0. The van der Waals surface area contributed by atoms with Crippen molar-refractivity contribution in [3.05, 3.63) is 5.82 Å². The quantitative estimate of drug-likeness (QED) is 0.790. The molecular weight excluding hydrogens is 230 g/mol. The molecule has 6 nitrogen and oxygen atoms in total. The second kappa shape index (κ2) is 6.24. The van der Waals surface area contributed by atoms with E-state index in [-0.39, 0.29) is 0 Å². The molecule has 0 bridgehead atoms. The van der Waals surface area contributed by atoms with Crippen molar-refractivity contribution in [1.82, 2.24) is 25.5 Å². The van der Waals surface area contributed by atoms with Crippen LogP contribution in [-0.2, 0) is 11.3 Å². The Hall–Kier alpha value is -1.01. The minimum absolute atomic E-state index is 0.390. The van der Waals surface area contributed by atoms with Gasteiger partial charge in [0, 0.05) is 6.61 Å². The molecule has 1 aromatic heterocycles. The number of hydrogen-bond acceptors (Lipinski definition) is 5. The summed E-state index contributed by atoms with van der Waals surface area (Å²) in [5, 5.41) is 15.3. The van der Waals surface area contributed by atoms with Crippen molar-refractivity contribution in [2.24, 2.45) is 5.92 Å². The molecule has 18 heavy (non-hydrogen) atoms. The number of hydrogen-bond donors (Lipinski definition) is 1. The molecule has 6 heteroatoms. The fraction of sp³-hybridized carbons (Fsp3) is 0.917. The van der Waals surface area contributed by atoms with Gasteiger partial charge in [0.05, 0.1) is 18.7 Å². The molecule has 1 aliphatic carbocycles. The van der Waals surface area contributed by atoms with E-state index in [0.717, 1.165) is 38.4 Å². The monoisotopic (exact) mass is 253 g/mol. The van der Waals surface area contributed by atoms with Gasteiger partial charge in [-0.1, -0.05) is 13.8 Å². The number of rotatable bonds is 7. The third-order valence-corrected chi connectivity index (χ3v) is 3.21. The van der Waals surface area contributed by atoms with Gasteiger partial charge in [-0.05, 0) is 42.7 Å². The zero-order valence-electron chi connectivity index (χ0n) is 11.5. The van der Waals surface area contributed by atoms with Crippen LogP contribution in [0.15, 0.2) is 0 Å². The SMILES string of the molecule is CCOC1CC(n2nnnc2CNCC(C)C)C1. The highest BCUT2D eigenvalue weighted by Crippen LogP contribution is 2.34. The van der Waals surface area contributed by atoms with Crippen molar-refractivity contribution in [3.63, 3.8) is 0 Å². The average molecular weight is 253 g/mol. The first-order valence-corrected chi connectivity index (χ1v) is 6.79. The predicted octanol–water partition coefficient (Wildman–Crippen LogP) is 1.16. The second-order valence-electron chi connectivity index (χ2n) is 5.27. The molecule has 0 aromatic carbocycles. The van der Waals surface area contributed by atoms with Crippen LogP contribution >= 0.6 is 0 Å². The third kappa shape index (κ3) is 3.26. The highest BCUT2D eigenvalue weighted by molar-refractivity contribution is 4.91. The van der Waals surface area contributed by atoms with E-state index in [1.807, 2.05) is 11.6 Å². The fourth-order valence-electron chi connectivity index (χ4n) is 2.19. The van der Waals surface area contributed by atoms with Crippen LogP contribution in [0.5, 0.6) is 0 Å². The molecule has 0 atom stereocenters. The summed E-state index contributed by atoms with van der Waals surface area (Å²) in [6.45, 7) is 8.92. The standard InChI is InChI=1S/C12H23N5O/c1-4-18-11-5-10(6-11)17-12(14-15-16-17)8-13-7-9(2)3/h9-11,13H,4-8H2,1-3H3. The predicted molar refractivity (Wildman–Crippen MR) is 68.0 cm³/mol. The number of aromatic nitrogens is 4. The molecular formula is C12H23N5O. The average Bonchev–Trinajstić information content (AvgIpc) is 2.70. The fourth-order valence-corrected chi connectivity index (χ4v) is 2.19. The molecule has 0 saturated heterocycles. The Balaban J connectivity index is 1.81. The van der Waals surface area contributed by atoms with Gasteiger partial charge in [0.2, 0.25) is 0 Å². The molecule has 0 spiro atoms. The Kier molecular flexibility index (Phi) is 4.66. The van der Waals surface area contributed by atoms with Crippen molar-refractivity contribution < 1.29 is 4.74 Å². The van der Waals surface area contributed by atoms with Crippen molar-refractivity contribution in [2.45, 2.75) is 52.3 Å². The van der Waals surface area contributed by atoms with Gasteiger partial charge in [-0.3, -0.25) is 0 Å². The molecule has 2 rings (SSSR count). The minimum atomic E-state index is 0.390. The Labute approximate surface area is 108 Å². The van der Waals surface area contributed by atoms with E-state index >= 15 is 0 Å². The maximum atomic E-state index is 5.56. The third-order valence-electron chi connectivity index (χ3n) is 3.21. The molecule has 0 radical (unpaired) electrons. The molecule has 0 aliphatic heterocycles. The van der Waals surface area contributed by atoms with Crippen LogP contribution in [0.1, 0.15) is 45.5 Å². The second-order valence-corrected chi connectivity index (χ2v) is 5.27. The minimum Gasteiger partial charge on any atom is -0.378 e. The van der Waals surface area contributed by atoms with E-state index in [2.05, 4.69) is 34.7 Å². The van der Waals surface area contributed by atoms with E-state index < -0.39 is 0 Å². The Morgan fingerprint density at radius 1 is 1.44 bits per heavy atom. The zero-order valence-corrected chi connectivity index (χ0v) is 11.5. The van der Waals surface area contributed by atoms with E-state index in [9.17, 15) is 0 Å². The van der Waals surface area contributed by atoms with Crippen LogP contribution in [0, 0.1) is 5.92 Å². The van der Waals surface area contributed by atoms with Gasteiger partial charge >= 0.3 is 0 Å². The van der Waals surface area contributed by atoms with Crippen LogP contribution in [0.2, 0.25) is 0 Å². The van der Waals surface area contributed by atoms with Crippen molar-refractivity contribution in [2.75, 3.05) is 13.2 Å². The Bertz CT molecular complexity index is 359. The molecule has 1 aliphatic rings. The van der Waals surface area contributed by atoms with Gasteiger partial charge in [-0.25, -0.2) is 4.68 Å². The van der Waals surface area contributed by atoms with Crippen LogP contribution in [0.25, 0.3) is 0 Å². The van der Waals surface area contributed by atoms with Crippen molar-refractivity contribution >= 4 is 0 Å². The lowest BCUT2D eigenvalue weighted by Gasteiger charge is -2.34. The molecule has 1 N–H and O–H groups in total. The van der Waals surface area contributed by atoms with Crippen LogP contribution in [0.3, 0.4) is 0 Å². The Morgan fingerprint density at radius 3 is 2.89 bits per heavy atom. The first-order chi connectivity index (χ1) is 8.70. The molecule has 1 heterocycles. The summed E-state index contributed by atoms with van der Waals surface area (Å²) in [6, 6.07) is 0.410. The molecule has 0 unspecified atom stereocenters. The first kappa shape index (κ1) is 13.4. The zero-order chi connectivity index (χ0) is 13.0. The van der Waals surface area contributed by atoms with Gasteiger partial charge in [0.15, 0.2) is 5.82 Å². The van der Waals surface area contributed by atoms with Gasteiger partial charge in [-0.2, -0.15) is 0 Å². The Morgan fingerprint density at radius 2 is 2.22 bits per heavy atom. The van der Waals surface area contributed by atoms with E-state index in [1.165, 1.54) is 0 Å². The van der Waals surface area contributed by atoms with Crippen LogP contribution in [0.4, 0.5) is 0 Å². The number of nitrogens with one attached hydrogen (secondary N) is 1. The van der Waals surface area contributed by atoms with Crippen LogP contribution in [-0.4, -0.2) is 39.5 Å². The van der Waals surface area contributed by atoms with Gasteiger partial charge < -0.3 is 10.1 Å². The van der Waals surface area contributed by atoms with Crippen LogP contribution < -0.4 is 5.32 Å². The van der Waals surface area contributed by atoms with Gasteiger partial charge in [0.25, 0.3) is 0 Å². The summed E-state index contributed by atoms with van der Waals surface area (Å²) in [6.07, 6.45) is 2.44. The number of ether oxygens (including phenoxy) is 1. The molecule has 1 fully saturated rings. The molecule has 1 saturated carbocycles. The molecule has 0 amide bonds. The lowest BCUT2D eigenvalue weighted by atomic mass is 9.89. The summed E-state index contributed by atoms with van der Waals surface area (Å²) in [7, 11) is 0. The smallest absolute Gasteiger partial charge is 0.165 e. The highest BCUT2D eigenvalue weighted by atomic mass is 16.5. The number of tetrazole rings is 1. The van der Waals surface area contributed by atoms with Crippen molar-refractivity contribution in [3.8, 4) is 0 Å². The molecule has 1 aromatic rings. The maximum absolute atomic E-state index is 5.56. The summed E-state index contributed by atoms with van der Waals surface area (Å²) in [5.41, 5.74) is 0. The van der Waals surface area contributed by atoms with E-state index in [4.69, 9.17) is 4.74 Å². The summed E-state index contributed by atoms with van der Waals surface area (Å²) < 4.78 is 7.51.